The fourth-order valence-electron chi connectivity index (χ4n) is 0.599. The number of aliphatic hydroxyl groups is 1. The number of hydrogen-bond acceptors (Lipinski definition) is 3. The highest BCUT2D eigenvalue weighted by Crippen LogP contribution is 1.99. The van der Waals surface area contributed by atoms with Gasteiger partial charge < -0.3 is 10.4 Å². The van der Waals surface area contributed by atoms with Gasteiger partial charge >= 0.3 is 0 Å². The molecule has 0 fully saturated rings. The van der Waals surface area contributed by atoms with Gasteiger partial charge in [0, 0.05) is 12.5 Å². The molecule has 0 rings (SSSR count). The highest BCUT2D eigenvalue weighted by atomic mass is 32.1. The Morgan fingerprint density at radius 3 is 2.75 bits per heavy atom. The summed E-state index contributed by atoms with van der Waals surface area (Å²) in [6, 6.07) is 0. The first kappa shape index (κ1) is 11.5. The Balaban J connectivity index is 3.63. The predicted molar refractivity (Wildman–Crippen MR) is 51.1 cm³/mol. The van der Waals surface area contributed by atoms with Crippen molar-refractivity contribution >= 4 is 23.5 Å². The van der Waals surface area contributed by atoms with Crippen LogP contribution in [0.15, 0.2) is 0 Å². The summed E-state index contributed by atoms with van der Waals surface area (Å²) in [5, 5.41) is 13.7. The minimum absolute atomic E-state index is 0.0117. The molecule has 0 heterocycles. The molecule has 0 aromatic rings. The molecule has 0 bridgehead atoms. The molecule has 1 radical (unpaired) electrons. The number of carbonyl (C=O) groups is 1. The van der Waals surface area contributed by atoms with Crippen molar-refractivity contribution in [3.8, 4) is 0 Å². The third-order valence-corrected chi connectivity index (χ3v) is 1.94. The van der Waals surface area contributed by atoms with E-state index in [0.717, 1.165) is 6.42 Å². The smallest absolute Gasteiger partial charge is 0.222 e. The molecule has 0 aliphatic heterocycles. The van der Waals surface area contributed by atoms with Gasteiger partial charge in [-0.3, -0.25) is 4.79 Å². The van der Waals surface area contributed by atoms with Crippen molar-refractivity contribution in [2.75, 3.05) is 6.54 Å². The van der Waals surface area contributed by atoms with Crippen LogP contribution in [0.2, 0.25) is 0 Å². The lowest BCUT2D eigenvalue weighted by molar-refractivity contribution is -0.124. The van der Waals surface area contributed by atoms with Crippen molar-refractivity contribution in [1.82, 2.24) is 5.32 Å². The Morgan fingerprint density at radius 1 is 1.75 bits per heavy atom. The molecule has 2 unspecified atom stereocenters. The zero-order valence-corrected chi connectivity index (χ0v) is 8.15. The van der Waals surface area contributed by atoms with Gasteiger partial charge in [-0.25, -0.2) is 0 Å². The second-order valence-corrected chi connectivity index (χ2v) is 2.92. The molecule has 12 heavy (non-hydrogen) atoms. The predicted octanol–water partition coefficient (Wildman–Crippen LogP) is 0.386. The van der Waals surface area contributed by atoms with E-state index in [1.807, 2.05) is 13.8 Å². The summed E-state index contributed by atoms with van der Waals surface area (Å²) in [6.45, 7) is 3.93. The van der Waals surface area contributed by atoms with Crippen LogP contribution in [-0.4, -0.2) is 29.0 Å². The first-order valence-electron chi connectivity index (χ1n) is 3.95. The minimum atomic E-state index is -0.840. The SMILES string of the molecule is CCC(C)C(=O)NCC(O)[C]=S. The quantitative estimate of drug-likeness (QED) is 0.613. The first-order valence-corrected chi connectivity index (χ1v) is 4.36. The number of thiocarbonyl (C=S) groups is 1. The van der Waals surface area contributed by atoms with Crippen molar-refractivity contribution in [3.05, 3.63) is 0 Å². The highest BCUT2D eigenvalue weighted by Gasteiger charge is 2.10. The average Bonchev–Trinajstić information content (AvgIpc) is 2.11. The van der Waals surface area contributed by atoms with E-state index in [4.69, 9.17) is 5.11 Å². The van der Waals surface area contributed by atoms with Crippen LogP contribution in [0, 0.1) is 5.92 Å². The largest absolute Gasteiger partial charge is 0.386 e. The minimum Gasteiger partial charge on any atom is -0.386 e. The topological polar surface area (TPSA) is 49.3 Å². The first-order chi connectivity index (χ1) is 5.61. The van der Waals surface area contributed by atoms with Gasteiger partial charge in [-0.2, -0.15) is 0 Å². The van der Waals surface area contributed by atoms with Gasteiger partial charge in [0.15, 0.2) is 0 Å². The average molecular weight is 188 g/mol. The Hall–Kier alpha value is -0.480. The van der Waals surface area contributed by atoms with Crippen molar-refractivity contribution in [2.45, 2.75) is 26.4 Å². The summed E-state index contributed by atoms with van der Waals surface area (Å²) < 4.78 is 0. The van der Waals surface area contributed by atoms with Gasteiger partial charge in [-0.1, -0.05) is 26.1 Å². The Kier molecular flexibility index (Phi) is 5.84. The molecule has 2 atom stereocenters. The molecule has 69 valence electrons. The summed E-state index contributed by atoms with van der Waals surface area (Å²) in [7, 11) is 0. The molecule has 0 aliphatic rings. The lowest BCUT2D eigenvalue weighted by Crippen LogP contribution is -2.35. The monoisotopic (exact) mass is 188 g/mol. The van der Waals surface area contributed by atoms with Crippen LogP contribution in [0.3, 0.4) is 0 Å². The van der Waals surface area contributed by atoms with Crippen LogP contribution in [-0.2, 0) is 4.79 Å². The molecule has 0 aliphatic carbocycles. The van der Waals surface area contributed by atoms with E-state index in [0.29, 0.717) is 0 Å². The van der Waals surface area contributed by atoms with Crippen LogP contribution in [0.5, 0.6) is 0 Å². The number of hydrogen-bond donors (Lipinski definition) is 2. The lowest BCUT2D eigenvalue weighted by atomic mass is 10.1. The van der Waals surface area contributed by atoms with E-state index < -0.39 is 6.10 Å². The zero-order valence-electron chi connectivity index (χ0n) is 7.33. The molecule has 0 aromatic carbocycles. The molecular weight excluding hydrogens is 174 g/mol. The lowest BCUT2D eigenvalue weighted by Gasteiger charge is -2.10. The maximum absolute atomic E-state index is 11.1. The standard InChI is InChI=1S/C8H14NO2S/c1-3-6(2)8(11)9-4-7(10)5-12/h6-7,10H,3-4H2,1-2H3,(H,9,11). The summed E-state index contributed by atoms with van der Waals surface area (Å²) in [5.74, 6) is -0.0656. The number of nitrogens with one attached hydrogen (secondary N) is 1. The maximum Gasteiger partial charge on any atom is 0.222 e. The van der Waals surface area contributed by atoms with E-state index in [-0.39, 0.29) is 18.4 Å². The van der Waals surface area contributed by atoms with E-state index in [1.165, 1.54) is 0 Å². The highest BCUT2D eigenvalue weighted by molar-refractivity contribution is 7.79. The Labute approximate surface area is 78.2 Å². The van der Waals surface area contributed by atoms with Gasteiger partial charge in [0.25, 0.3) is 0 Å². The fraction of sp³-hybridized carbons (Fsp3) is 0.750. The third kappa shape index (κ3) is 4.41. The normalized spacial score (nSPS) is 14.9. The molecule has 1 amide bonds. The number of aliphatic hydroxyl groups excluding tert-OH is 1. The van der Waals surface area contributed by atoms with Crippen LogP contribution in [0.4, 0.5) is 0 Å². The van der Waals surface area contributed by atoms with Gasteiger partial charge in [-0.15, -0.1) is 0 Å². The number of amides is 1. The van der Waals surface area contributed by atoms with Gasteiger partial charge in [0.2, 0.25) is 5.91 Å². The maximum atomic E-state index is 11.1. The zero-order chi connectivity index (χ0) is 9.56. The fourth-order valence-corrected chi connectivity index (χ4v) is 0.682. The summed E-state index contributed by atoms with van der Waals surface area (Å²) in [6.07, 6.45) is -0.0449. The molecule has 0 aromatic heterocycles. The number of carbonyl (C=O) groups excluding carboxylic acids is 1. The molecule has 0 saturated heterocycles. The van der Waals surface area contributed by atoms with Crippen LogP contribution in [0.25, 0.3) is 0 Å². The second kappa shape index (κ2) is 6.08. The Morgan fingerprint density at radius 2 is 2.33 bits per heavy atom. The van der Waals surface area contributed by atoms with Crippen molar-refractivity contribution < 1.29 is 9.90 Å². The van der Waals surface area contributed by atoms with E-state index in [9.17, 15) is 4.79 Å². The van der Waals surface area contributed by atoms with Gasteiger partial charge in [0.05, 0.1) is 5.37 Å². The van der Waals surface area contributed by atoms with Crippen LogP contribution < -0.4 is 5.32 Å². The second-order valence-electron chi connectivity index (χ2n) is 2.69. The van der Waals surface area contributed by atoms with Crippen LogP contribution >= 0.6 is 12.2 Å². The Bertz CT molecular complexity index is 161. The van der Waals surface area contributed by atoms with E-state index >= 15 is 0 Å². The van der Waals surface area contributed by atoms with E-state index in [1.54, 1.807) is 0 Å². The van der Waals surface area contributed by atoms with Crippen molar-refractivity contribution in [2.24, 2.45) is 5.92 Å². The summed E-state index contributed by atoms with van der Waals surface area (Å²) in [4.78, 5) is 11.1. The number of rotatable bonds is 5. The third-order valence-electron chi connectivity index (χ3n) is 1.67. The van der Waals surface area contributed by atoms with Gasteiger partial charge in [-0.05, 0) is 6.42 Å². The van der Waals surface area contributed by atoms with E-state index in [2.05, 4.69) is 22.9 Å². The van der Waals surface area contributed by atoms with Crippen LogP contribution in [0.1, 0.15) is 20.3 Å². The molecule has 0 spiro atoms. The van der Waals surface area contributed by atoms with Gasteiger partial charge in [0.1, 0.15) is 6.10 Å². The molecular formula is C8H14NO2S. The van der Waals surface area contributed by atoms with Crippen molar-refractivity contribution in [3.63, 3.8) is 0 Å². The summed E-state index contributed by atoms with van der Waals surface area (Å²) >= 11 is 4.37. The molecule has 0 saturated carbocycles. The summed E-state index contributed by atoms with van der Waals surface area (Å²) in [5.41, 5.74) is 0. The molecule has 4 heteroatoms. The van der Waals surface area contributed by atoms with Crippen molar-refractivity contribution in [1.29, 1.82) is 0 Å². The molecule has 3 nitrogen and oxygen atoms in total. The molecule has 2 N–H and O–H groups in total.